The summed E-state index contributed by atoms with van der Waals surface area (Å²) in [6.45, 7) is 5.26. The molecule has 102 valence electrons. The molecule has 0 aromatic rings. The van der Waals surface area contributed by atoms with Gasteiger partial charge in [0.1, 0.15) is 0 Å². The summed E-state index contributed by atoms with van der Waals surface area (Å²) >= 11 is 0. The molecule has 4 atom stereocenters. The monoisotopic (exact) mass is 247 g/mol. The van der Waals surface area contributed by atoms with Crippen LogP contribution in [-0.4, -0.2) is 12.6 Å². The van der Waals surface area contributed by atoms with Gasteiger partial charge in [-0.2, -0.15) is 0 Å². The van der Waals surface area contributed by atoms with Crippen LogP contribution in [-0.2, 0) is 0 Å². The lowest BCUT2D eigenvalue weighted by atomic mass is 9.66. The first-order chi connectivity index (χ1) is 8.85. The number of hydrogen-bond acceptors (Lipinski definition) is 1. The zero-order valence-electron chi connectivity index (χ0n) is 12.2. The van der Waals surface area contributed by atoms with Crippen molar-refractivity contribution in [2.24, 2.45) is 17.8 Å². The van der Waals surface area contributed by atoms with Crippen LogP contribution >= 0.6 is 0 Å². The minimum Gasteiger partial charge on any atom is -0.313 e. The molecule has 1 nitrogen and oxygen atoms in total. The summed E-state index contributed by atoms with van der Waals surface area (Å²) in [5, 5.41) is 3.68. The summed E-state index contributed by atoms with van der Waals surface area (Å²) in [5.74, 6) is 9.33. The first-order valence-electron chi connectivity index (χ1n) is 7.98. The smallest absolute Gasteiger partial charge is 0.0245 e. The molecule has 18 heavy (non-hydrogen) atoms. The summed E-state index contributed by atoms with van der Waals surface area (Å²) in [7, 11) is 0. The first-order valence-corrected chi connectivity index (χ1v) is 7.98. The van der Waals surface area contributed by atoms with Gasteiger partial charge in [-0.25, -0.2) is 0 Å². The van der Waals surface area contributed by atoms with Crippen LogP contribution < -0.4 is 5.32 Å². The fraction of sp³-hybridized carbons (Fsp3) is 0.882. The average Bonchev–Trinajstić information content (AvgIpc) is 2.43. The van der Waals surface area contributed by atoms with E-state index >= 15 is 0 Å². The Morgan fingerprint density at radius 1 is 1.11 bits per heavy atom. The van der Waals surface area contributed by atoms with Crippen molar-refractivity contribution in [3.63, 3.8) is 0 Å². The Hall–Kier alpha value is -0.480. The van der Waals surface area contributed by atoms with Crippen molar-refractivity contribution in [2.75, 3.05) is 6.54 Å². The molecule has 2 fully saturated rings. The third-order valence-corrected chi connectivity index (χ3v) is 5.11. The van der Waals surface area contributed by atoms with Crippen LogP contribution in [0.25, 0.3) is 0 Å². The van der Waals surface area contributed by atoms with E-state index in [2.05, 4.69) is 24.1 Å². The predicted octanol–water partition coefficient (Wildman–Crippen LogP) is 3.98. The van der Waals surface area contributed by atoms with E-state index < -0.39 is 0 Å². The molecule has 0 bridgehead atoms. The van der Waals surface area contributed by atoms with Crippen molar-refractivity contribution in [3.8, 4) is 11.8 Å². The zero-order chi connectivity index (χ0) is 12.8. The maximum absolute atomic E-state index is 3.68. The van der Waals surface area contributed by atoms with E-state index in [4.69, 9.17) is 0 Å². The van der Waals surface area contributed by atoms with Gasteiger partial charge in [0.15, 0.2) is 0 Å². The molecule has 2 saturated carbocycles. The third kappa shape index (κ3) is 3.51. The SMILES string of the molecule is CC#CCC(NCC)C1CCC2CCCCC2C1. The van der Waals surface area contributed by atoms with Crippen molar-refractivity contribution in [2.45, 2.75) is 71.3 Å². The summed E-state index contributed by atoms with van der Waals surface area (Å²) in [4.78, 5) is 0. The summed E-state index contributed by atoms with van der Waals surface area (Å²) in [6, 6.07) is 0.644. The zero-order valence-corrected chi connectivity index (χ0v) is 12.2. The Balaban J connectivity index is 1.91. The van der Waals surface area contributed by atoms with E-state index in [1.54, 1.807) is 0 Å². The molecule has 4 unspecified atom stereocenters. The molecule has 1 N–H and O–H groups in total. The van der Waals surface area contributed by atoms with Gasteiger partial charge in [-0.1, -0.05) is 32.6 Å². The molecule has 0 radical (unpaired) electrons. The van der Waals surface area contributed by atoms with Gasteiger partial charge in [-0.3, -0.25) is 0 Å². The number of fused-ring (bicyclic) bond motifs is 1. The number of nitrogens with one attached hydrogen (secondary N) is 1. The van der Waals surface area contributed by atoms with Crippen LogP contribution in [0.2, 0.25) is 0 Å². The molecule has 2 rings (SSSR count). The van der Waals surface area contributed by atoms with E-state index in [-0.39, 0.29) is 0 Å². The molecular formula is C17H29N. The molecule has 2 aliphatic rings. The Bertz CT molecular complexity index is 298. The van der Waals surface area contributed by atoms with Crippen LogP contribution in [0.1, 0.15) is 65.2 Å². The second-order valence-corrected chi connectivity index (χ2v) is 6.17. The van der Waals surface area contributed by atoms with E-state index in [0.29, 0.717) is 6.04 Å². The van der Waals surface area contributed by atoms with Gasteiger partial charge < -0.3 is 5.32 Å². The molecule has 0 spiro atoms. The van der Waals surface area contributed by atoms with Gasteiger partial charge in [0.2, 0.25) is 0 Å². The van der Waals surface area contributed by atoms with Gasteiger partial charge in [-0.15, -0.1) is 11.8 Å². The van der Waals surface area contributed by atoms with Crippen molar-refractivity contribution < 1.29 is 0 Å². The van der Waals surface area contributed by atoms with Gasteiger partial charge >= 0.3 is 0 Å². The highest BCUT2D eigenvalue weighted by molar-refractivity contribution is 5.00. The summed E-state index contributed by atoms with van der Waals surface area (Å²) < 4.78 is 0. The van der Waals surface area contributed by atoms with Crippen molar-refractivity contribution in [1.29, 1.82) is 0 Å². The fourth-order valence-electron chi connectivity index (χ4n) is 4.15. The van der Waals surface area contributed by atoms with E-state index in [0.717, 1.165) is 30.7 Å². The van der Waals surface area contributed by atoms with Gasteiger partial charge in [-0.05, 0) is 50.5 Å². The van der Waals surface area contributed by atoms with Crippen LogP contribution in [0, 0.1) is 29.6 Å². The topological polar surface area (TPSA) is 12.0 Å². The van der Waals surface area contributed by atoms with Crippen LogP contribution in [0.5, 0.6) is 0 Å². The Kier molecular flexibility index (Phi) is 5.57. The number of rotatable bonds is 4. The highest BCUT2D eigenvalue weighted by Crippen LogP contribution is 2.43. The first kappa shape index (κ1) is 13.9. The summed E-state index contributed by atoms with van der Waals surface area (Å²) in [5.41, 5.74) is 0. The molecule has 0 amide bonds. The quantitative estimate of drug-likeness (QED) is 0.741. The van der Waals surface area contributed by atoms with Crippen molar-refractivity contribution >= 4 is 0 Å². The second kappa shape index (κ2) is 7.19. The van der Waals surface area contributed by atoms with Gasteiger partial charge in [0.05, 0.1) is 0 Å². The van der Waals surface area contributed by atoms with Crippen LogP contribution in [0.15, 0.2) is 0 Å². The predicted molar refractivity (Wildman–Crippen MR) is 78.3 cm³/mol. The molecule has 0 aromatic carbocycles. The third-order valence-electron chi connectivity index (χ3n) is 5.11. The summed E-state index contributed by atoms with van der Waals surface area (Å²) in [6.07, 6.45) is 11.4. The van der Waals surface area contributed by atoms with Crippen LogP contribution in [0.4, 0.5) is 0 Å². The van der Waals surface area contributed by atoms with Crippen molar-refractivity contribution in [1.82, 2.24) is 5.32 Å². The van der Waals surface area contributed by atoms with E-state index in [1.165, 1.54) is 44.9 Å². The lowest BCUT2D eigenvalue weighted by Crippen LogP contribution is -2.40. The number of hydrogen-bond donors (Lipinski definition) is 1. The standard InChI is InChI=1S/C17H29N/c1-3-5-10-17(18-4-2)16-12-11-14-8-6-7-9-15(14)13-16/h14-18H,4,6-13H2,1-2H3. The average molecular weight is 247 g/mol. The lowest BCUT2D eigenvalue weighted by molar-refractivity contribution is 0.110. The van der Waals surface area contributed by atoms with Gasteiger partial charge in [0.25, 0.3) is 0 Å². The van der Waals surface area contributed by atoms with Crippen molar-refractivity contribution in [3.05, 3.63) is 0 Å². The Morgan fingerprint density at radius 3 is 2.61 bits per heavy atom. The maximum atomic E-state index is 3.68. The van der Waals surface area contributed by atoms with Crippen LogP contribution in [0.3, 0.4) is 0 Å². The fourth-order valence-corrected chi connectivity index (χ4v) is 4.15. The normalized spacial score (nSPS) is 33.1. The molecule has 0 aliphatic heterocycles. The van der Waals surface area contributed by atoms with E-state index in [1.807, 2.05) is 6.92 Å². The molecule has 1 heteroatoms. The highest BCUT2D eigenvalue weighted by Gasteiger charge is 2.34. The lowest BCUT2D eigenvalue weighted by Gasteiger charge is -2.41. The Morgan fingerprint density at radius 2 is 1.89 bits per heavy atom. The molecule has 2 aliphatic carbocycles. The molecule has 0 heterocycles. The largest absolute Gasteiger partial charge is 0.313 e. The maximum Gasteiger partial charge on any atom is 0.0245 e. The molecular weight excluding hydrogens is 218 g/mol. The van der Waals surface area contributed by atoms with E-state index in [9.17, 15) is 0 Å². The second-order valence-electron chi connectivity index (χ2n) is 6.17. The Labute approximate surface area is 113 Å². The highest BCUT2D eigenvalue weighted by atomic mass is 14.9. The van der Waals surface area contributed by atoms with Gasteiger partial charge in [0, 0.05) is 12.5 Å². The minimum absolute atomic E-state index is 0.644. The molecule has 0 saturated heterocycles. The molecule has 0 aromatic heterocycles. The minimum atomic E-state index is 0.644.